The molecule has 1 N–H and O–H groups in total. The minimum Gasteiger partial charge on any atom is -0.381 e. The Morgan fingerprint density at radius 3 is 3.00 bits per heavy atom. The number of fused-ring (bicyclic) bond motifs is 1. The first kappa shape index (κ1) is 14.6. The number of benzene rings is 1. The first-order valence-electron chi connectivity index (χ1n) is 7.72. The normalized spacial score (nSPS) is 16.0. The van der Waals surface area contributed by atoms with Gasteiger partial charge in [0.15, 0.2) is 0 Å². The predicted molar refractivity (Wildman–Crippen MR) is 88.3 cm³/mol. The molecule has 0 atom stereocenters. The fourth-order valence-electron chi connectivity index (χ4n) is 2.74. The Kier molecular flexibility index (Phi) is 3.97. The Hall–Kier alpha value is -1.99. The summed E-state index contributed by atoms with van der Waals surface area (Å²) in [4.78, 5) is 5.34. The minimum absolute atomic E-state index is 0.259. The van der Waals surface area contributed by atoms with Gasteiger partial charge in [-0.2, -0.15) is 0 Å². The molecule has 0 saturated carbocycles. The molecule has 23 heavy (non-hydrogen) atoms. The number of nitrogens with one attached hydrogen (secondary N) is 1. The Morgan fingerprint density at radius 1 is 1.35 bits per heavy atom. The summed E-state index contributed by atoms with van der Waals surface area (Å²) in [5, 5.41) is 8.76. The molecule has 1 fully saturated rings. The number of nitrogens with zero attached hydrogens (tertiary/aromatic N) is 3. The molecule has 3 aromatic rings. The van der Waals surface area contributed by atoms with Crippen LogP contribution in [0.3, 0.4) is 0 Å². The van der Waals surface area contributed by atoms with Gasteiger partial charge in [0, 0.05) is 25.3 Å². The van der Waals surface area contributed by atoms with Crippen LogP contribution in [-0.2, 0) is 4.74 Å². The Labute approximate surface area is 137 Å². The molecule has 0 bridgehead atoms. The van der Waals surface area contributed by atoms with Crippen molar-refractivity contribution in [3.05, 3.63) is 36.3 Å². The van der Waals surface area contributed by atoms with E-state index in [1.54, 1.807) is 10.6 Å². The molecule has 0 amide bonds. The van der Waals surface area contributed by atoms with Crippen LogP contribution in [0.1, 0.15) is 12.8 Å². The molecule has 1 aromatic carbocycles. The van der Waals surface area contributed by atoms with Crippen molar-refractivity contribution < 1.29 is 9.13 Å². The molecule has 5 nitrogen and oxygen atoms in total. The predicted octanol–water partition coefficient (Wildman–Crippen LogP) is 3.44. The van der Waals surface area contributed by atoms with Crippen LogP contribution in [-0.4, -0.2) is 34.4 Å². The van der Waals surface area contributed by atoms with E-state index in [0.29, 0.717) is 5.92 Å². The van der Waals surface area contributed by atoms with Gasteiger partial charge in [0.25, 0.3) is 0 Å². The lowest BCUT2D eigenvalue weighted by Crippen LogP contribution is -2.22. The average molecular weight is 332 g/mol. The lowest BCUT2D eigenvalue weighted by molar-refractivity contribution is 0.0699. The highest BCUT2D eigenvalue weighted by Gasteiger charge is 2.15. The summed E-state index contributed by atoms with van der Waals surface area (Å²) in [5.41, 5.74) is 1.50. The van der Waals surface area contributed by atoms with E-state index < -0.39 is 0 Å². The topological polar surface area (TPSA) is 51.5 Å². The summed E-state index contributed by atoms with van der Waals surface area (Å²) in [5.74, 6) is 0.383. The molecule has 3 heterocycles. The third kappa shape index (κ3) is 3.20. The van der Waals surface area contributed by atoms with Crippen molar-refractivity contribution in [1.29, 1.82) is 0 Å². The van der Waals surface area contributed by atoms with E-state index in [4.69, 9.17) is 4.74 Å². The number of hydrogen-bond acceptors (Lipinski definition) is 5. The summed E-state index contributed by atoms with van der Waals surface area (Å²) in [7, 11) is 0. The second-order valence-corrected chi connectivity index (χ2v) is 6.66. The zero-order chi connectivity index (χ0) is 15.6. The van der Waals surface area contributed by atoms with Crippen molar-refractivity contribution in [3.63, 3.8) is 0 Å². The average Bonchev–Trinajstić information content (AvgIpc) is 3.12. The molecule has 2 aromatic heterocycles. The van der Waals surface area contributed by atoms with Gasteiger partial charge in [0.05, 0.1) is 11.9 Å². The van der Waals surface area contributed by atoms with Crippen LogP contribution in [0.15, 0.2) is 30.5 Å². The molecule has 120 valence electrons. The molecule has 0 unspecified atom stereocenters. The monoisotopic (exact) mass is 332 g/mol. The third-order valence-corrected chi connectivity index (χ3v) is 4.93. The molecule has 0 spiro atoms. The van der Waals surface area contributed by atoms with E-state index in [0.717, 1.165) is 53.9 Å². The van der Waals surface area contributed by atoms with E-state index in [1.165, 1.54) is 23.5 Å². The summed E-state index contributed by atoms with van der Waals surface area (Å²) < 4.78 is 20.4. The van der Waals surface area contributed by atoms with Crippen molar-refractivity contribution >= 4 is 21.4 Å². The van der Waals surface area contributed by atoms with Gasteiger partial charge in [-0.05, 0) is 30.9 Å². The van der Waals surface area contributed by atoms with Crippen molar-refractivity contribution in [2.24, 2.45) is 5.92 Å². The van der Waals surface area contributed by atoms with E-state index in [9.17, 15) is 4.39 Å². The van der Waals surface area contributed by atoms with Gasteiger partial charge in [-0.15, -0.1) is 5.10 Å². The fraction of sp³-hybridized carbons (Fsp3) is 0.375. The quantitative estimate of drug-likeness (QED) is 0.795. The molecule has 1 saturated heterocycles. The highest BCUT2D eigenvalue weighted by atomic mass is 32.1. The number of rotatable bonds is 4. The van der Waals surface area contributed by atoms with E-state index >= 15 is 0 Å². The molecular formula is C16H17FN4OS. The summed E-state index contributed by atoms with van der Waals surface area (Å²) in [6, 6.07) is 6.45. The molecular weight excluding hydrogens is 315 g/mol. The van der Waals surface area contributed by atoms with Crippen LogP contribution < -0.4 is 5.32 Å². The minimum atomic E-state index is -0.259. The molecule has 7 heteroatoms. The highest BCUT2D eigenvalue weighted by molar-refractivity contribution is 7.20. The largest absolute Gasteiger partial charge is 0.381 e. The van der Waals surface area contributed by atoms with Gasteiger partial charge < -0.3 is 10.1 Å². The van der Waals surface area contributed by atoms with Gasteiger partial charge in [0.1, 0.15) is 5.82 Å². The second kappa shape index (κ2) is 6.25. The van der Waals surface area contributed by atoms with Gasteiger partial charge in [-0.25, -0.2) is 13.9 Å². The highest BCUT2D eigenvalue weighted by Crippen LogP contribution is 2.25. The van der Waals surface area contributed by atoms with Crippen LogP contribution in [0, 0.1) is 11.7 Å². The van der Waals surface area contributed by atoms with Crippen molar-refractivity contribution in [2.75, 3.05) is 25.1 Å². The number of aromatic nitrogens is 3. The van der Waals surface area contributed by atoms with Crippen molar-refractivity contribution in [1.82, 2.24) is 14.6 Å². The lowest BCUT2D eigenvalue weighted by atomic mass is 10.0. The first-order valence-corrected chi connectivity index (χ1v) is 8.53. The lowest BCUT2D eigenvalue weighted by Gasteiger charge is -2.21. The molecule has 0 aliphatic carbocycles. The van der Waals surface area contributed by atoms with Gasteiger partial charge in [-0.1, -0.05) is 23.5 Å². The van der Waals surface area contributed by atoms with Crippen LogP contribution in [0.4, 0.5) is 9.52 Å². The summed E-state index contributed by atoms with van der Waals surface area (Å²) in [6.45, 7) is 2.62. The van der Waals surface area contributed by atoms with Crippen LogP contribution in [0.5, 0.6) is 0 Å². The Bertz CT molecular complexity index is 778. The van der Waals surface area contributed by atoms with Crippen molar-refractivity contribution in [2.45, 2.75) is 12.8 Å². The number of imidazole rings is 1. The number of halogens is 1. The molecule has 1 aliphatic rings. The van der Waals surface area contributed by atoms with Gasteiger partial charge >= 0.3 is 0 Å². The molecule has 0 radical (unpaired) electrons. The number of anilines is 1. The zero-order valence-electron chi connectivity index (χ0n) is 12.5. The van der Waals surface area contributed by atoms with E-state index in [-0.39, 0.29) is 5.82 Å². The molecule has 1 aliphatic heterocycles. The number of hydrogen-bond donors (Lipinski definition) is 1. The Balaban J connectivity index is 1.48. The van der Waals surface area contributed by atoms with Crippen molar-refractivity contribution in [3.8, 4) is 11.3 Å². The smallest absolute Gasteiger partial charge is 0.214 e. The maximum absolute atomic E-state index is 13.3. The van der Waals surface area contributed by atoms with Crippen LogP contribution in [0.2, 0.25) is 0 Å². The fourth-order valence-corrected chi connectivity index (χ4v) is 3.53. The van der Waals surface area contributed by atoms with Crippen LogP contribution in [0.25, 0.3) is 16.2 Å². The maximum atomic E-state index is 13.3. The van der Waals surface area contributed by atoms with E-state index in [2.05, 4.69) is 15.4 Å². The third-order valence-electron chi connectivity index (χ3n) is 4.05. The van der Waals surface area contributed by atoms with E-state index in [1.807, 2.05) is 12.3 Å². The Morgan fingerprint density at radius 2 is 2.22 bits per heavy atom. The maximum Gasteiger partial charge on any atom is 0.214 e. The first-order chi connectivity index (χ1) is 11.3. The standard InChI is InChI=1S/C16H17FN4OS/c17-13-3-1-2-12(8-13)14-10-21-16(19-14)23-15(20-21)18-9-11-4-6-22-7-5-11/h1-3,8,10-11H,4-7,9H2,(H,18,20). The number of ether oxygens (including phenoxy) is 1. The van der Waals surface area contributed by atoms with Crippen LogP contribution >= 0.6 is 11.3 Å². The van der Waals surface area contributed by atoms with Gasteiger partial charge in [0.2, 0.25) is 10.1 Å². The summed E-state index contributed by atoms with van der Waals surface area (Å²) >= 11 is 1.51. The molecule has 4 rings (SSSR count). The summed E-state index contributed by atoms with van der Waals surface area (Å²) in [6.07, 6.45) is 4.03. The zero-order valence-corrected chi connectivity index (χ0v) is 13.4. The second-order valence-electron chi connectivity index (χ2n) is 5.71. The SMILES string of the molecule is Fc1cccc(-c2cn3nc(NCC4CCOCC4)sc3n2)c1. The van der Waals surface area contributed by atoms with Gasteiger partial charge in [-0.3, -0.25) is 0 Å².